The zero-order valence-corrected chi connectivity index (χ0v) is 16.3. The van der Waals surface area contributed by atoms with Gasteiger partial charge in [0.2, 0.25) is 10.0 Å². The van der Waals surface area contributed by atoms with Gasteiger partial charge in [-0.2, -0.15) is 0 Å². The molecule has 6 nitrogen and oxygen atoms in total. The maximum Gasteiger partial charge on any atom is 0.251 e. The first kappa shape index (κ1) is 19.4. The second kappa shape index (κ2) is 8.10. The van der Waals surface area contributed by atoms with E-state index in [2.05, 4.69) is 10.0 Å². The van der Waals surface area contributed by atoms with Crippen molar-refractivity contribution in [2.45, 2.75) is 50.3 Å². The van der Waals surface area contributed by atoms with Crippen molar-refractivity contribution in [2.24, 2.45) is 0 Å². The molecule has 144 valence electrons. The molecule has 7 heteroatoms. The Morgan fingerprint density at radius 2 is 1.70 bits per heavy atom. The van der Waals surface area contributed by atoms with Crippen LogP contribution in [0.2, 0.25) is 0 Å². The summed E-state index contributed by atoms with van der Waals surface area (Å²) in [7, 11) is -3.50. The molecule has 2 aromatic rings. The Morgan fingerprint density at radius 1 is 1.07 bits per heavy atom. The molecule has 1 amide bonds. The molecule has 0 radical (unpaired) electrons. The van der Waals surface area contributed by atoms with Crippen LogP contribution >= 0.6 is 0 Å². The van der Waals surface area contributed by atoms with Crippen molar-refractivity contribution in [2.75, 3.05) is 0 Å². The summed E-state index contributed by atoms with van der Waals surface area (Å²) in [5, 5.41) is 2.83. The highest BCUT2D eigenvalue weighted by Gasteiger charge is 2.27. The summed E-state index contributed by atoms with van der Waals surface area (Å²) in [5.74, 6) is 0.535. The Hall–Kier alpha value is -2.38. The first-order chi connectivity index (χ1) is 12.8. The van der Waals surface area contributed by atoms with Gasteiger partial charge in [0.15, 0.2) is 0 Å². The van der Waals surface area contributed by atoms with Crippen LogP contribution in [-0.4, -0.2) is 26.5 Å². The molecule has 0 bridgehead atoms. The highest BCUT2D eigenvalue weighted by molar-refractivity contribution is 7.89. The third-order valence-electron chi connectivity index (χ3n) is 4.07. The monoisotopic (exact) mass is 388 g/mol. The van der Waals surface area contributed by atoms with E-state index >= 15 is 0 Å². The molecular formula is C20H24N2O4S. The molecule has 0 aliphatic heterocycles. The number of benzene rings is 2. The second-order valence-electron chi connectivity index (χ2n) is 6.91. The lowest BCUT2D eigenvalue weighted by molar-refractivity contribution is 0.0951. The van der Waals surface area contributed by atoms with E-state index in [1.54, 1.807) is 0 Å². The lowest BCUT2D eigenvalue weighted by atomic mass is 10.2. The molecule has 0 atom stereocenters. The lowest BCUT2D eigenvalue weighted by Gasteiger charge is -2.11. The number of carbonyl (C=O) groups excluding carboxylic acids is 1. The first-order valence-corrected chi connectivity index (χ1v) is 10.5. The fourth-order valence-corrected chi connectivity index (χ4v) is 3.82. The predicted molar refractivity (Wildman–Crippen MR) is 103 cm³/mol. The van der Waals surface area contributed by atoms with Gasteiger partial charge in [0.05, 0.1) is 11.0 Å². The van der Waals surface area contributed by atoms with Crippen molar-refractivity contribution in [3.8, 4) is 5.75 Å². The minimum atomic E-state index is -3.50. The number of rotatable bonds is 8. The summed E-state index contributed by atoms with van der Waals surface area (Å²) in [6, 6.07) is 13.5. The highest BCUT2D eigenvalue weighted by atomic mass is 32.2. The van der Waals surface area contributed by atoms with Gasteiger partial charge in [-0.3, -0.25) is 4.79 Å². The van der Waals surface area contributed by atoms with E-state index in [0.717, 1.165) is 24.2 Å². The fourth-order valence-electron chi connectivity index (χ4n) is 2.52. The minimum absolute atomic E-state index is 0.0512. The molecule has 3 rings (SSSR count). The summed E-state index contributed by atoms with van der Waals surface area (Å²) in [5.41, 5.74) is 1.37. The van der Waals surface area contributed by atoms with Crippen LogP contribution in [0.25, 0.3) is 0 Å². The van der Waals surface area contributed by atoms with E-state index in [0.29, 0.717) is 12.1 Å². The Morgan fingerprint density at radius 3 is 2.26 bits per heavy atom. The lowest BCUT2D eigenvalue weighted by Crippen LogP contribution is -2.26. The van der Waals surface area contributed by atoms with Gasteiger partial charge < -0.3 is 10.1 Å². The van der Waals surface area contributed by atoms with Crippen molar-refractivity contribution < 1.29 is 17.9 Å². The number of ether oxygens (including phenoxy) is 1. The summed E-state index contributed by atoms with van der Waals surface area (Å²) in [6.45, 7) is 4.31. The molecule has 1 saturated carbocycles. The highest BCUT2D eigenvalue weighted by Crippen LogP contribution is 2.22. The number of amides is 1. The smallest absolute Gasteiger partial charge is 0.251 e. The van der Waals surface area contributed by atoms with Crippen LogP contribution in [0.4, 0.5) is 0 Å². The van der Waals surface area contributed by atoms with Gasteiger partial charge in [-0.15, -0.1) is 0 Å². The maximum atomic E-state index is 12.3. The van der Waals surface area contributed by atoms with Gasteiger partial charge in [0, 0.05) is 18.2 Å². The third kappa shape index (κ3) is 5.55. The van der Waals surface area contributed by atoms with Crippen molar-refractivity contribution in [1.29, 1.82) is 0 Å². The Labute approximate surface area is 160 Å². The van der Waals surface area contributed by atoms with Gasteiger partial charge in [0.25, 0.3) is 5.91 Å². The van der Waals surface area contributed by atoms with E-state index in [-0.39, 0.29) is 22.9 Å². The van der Waals surface area contributed by atoms with Crippen molar-refractivity contribution >= 4 is 15.9 Å². The van der Waals surface area contributed by atoms with Crippen LogP contribution in [0.3, 0.4) is 0 Å². The summed E-state index contributed by atoms with van der Waals surface area (Å²) >= 11 is 0. The van der Waals surface area contributed by atoms with Crippen LogP contribution in [0.15, 0.2) is 53.4 Å². The average Bonchev–Trinajstić information content (AvgIpc) is 3.44. The zero-order chi connectivity index (χ0) is 19.4. The molecule has 0 spiro atoms. The Kier molecular flexibility index (Phi) is 5.82. The van der Waals surface area contributed by atoms with Crippen LogP contribution in [0, 0.1) is 0 Å². The van der Waals surface area contributed by atoms with E-state index in [1.807, 2.05) is 38.1 Å². The Balaban J connectivity index is 1.56. The van der Waals surface area contributed by atoms with E-state index in [4.69, 9.17) is 4.74 Å². The molecule has 2 N–H and O–H groups in total. The molecule has 0 saturated heterocycles. The normalized spacial score (nSPS) is 14.2. The number of nitrogens with one attached hydrogen (secondary N) is 2. The van der Waals surface area contributed by atoms with E-state index in [9.17, 15) is 13.2 Å². The summed E-state index contributed by atoms with van der Waals surface area (Å²) in [6.07, 6.45) is 1.87. The topological polar surface area (TPSA) is 84.5 Å². The number of hydrogen-bond donors (Lipinski definition) is 2. The molecule has 0 unspecified atom stereocenters. The van der Waals surface area contributed by atoms with Crippen LogP contribution < -0.4 is 14.8 Å². The second-order valence-corrected chi connectivity index (χ2v) is 8.63. The van der Waals surface area contributed by atoms with E-state index < -0.39 is 10.0 Å². The number of sulfonamides is 1. The van der Waals surface area contributed by atoms with Gasteiger partial charge in [-0.1, -0.05) is 12.1 Å². The largest absolute Gasteiger partial charge is 0.491 e. The van der Waals surface area contributed by atoms with Gasteiger partial charge >= 0.3 is 0 Å². The first-order valence-electron chi connectivity index (χ1n) is 9.00. The SMILES string of the molecule is CC(C)Oc1ccc(CNC(=O)c2ccc(S(=O)(=O)NC3CC3)cc2)cc1. The molecule has 27 heavy (non-hydrogen) atoms. The molecule has 1 aliphatic carbocycles. The van der Waals surface area contributed by atoms with Gasteiger partial charge in [0.1, 0.15) is 5.75 Å². The van der Waals surface area contributed by atoms with E-state index in [1.165, 1.54) is 24.3 Å². The third-order valence-corrected chi connectivity index (χ3v) is 5.61. The van der Waals surface area contributed by atoms with Crippen LogP contribution in [0.1, 0.15) is 42.6 Å². The van der Waals surface area contributed by atoms with Crippen LogP contribution in [0.5, 0.6) is 5.75 Å². The number of hydrogen-bond acceptors (Lipinski definition) is 4. The summed E-state index contributed by atoms with van der Waals surface area (Å²) in [4.78, 5) is 12.5. The quantitative estimate of drug-likeness (QED) is 0.728. The van der Waals surface area contributed by atoms with Crippen molar-refractivity contribution in [3.05, 3.63) is 59.7 Å². The molecule has 2 aromatic carbocycles. The molecule has 1 aliphatic rings. The number of carbonyl (C=O) groups is 1. The predicted octanol–water partition coefficient (Wildman–Crippen LogP) is 2.84. The summed E-state index contributed by atoms with van der Waals surface area (Å²) < 4.78 is 32.5. The van der Waals surface area contributed by atoms with Gasteiger partial charge in [-0.25, -0.2) is 13.1 Å². The average molecular weight is 388 g/mol. The minimum Gasteiger partial charge on any atom is -0.491 e. The fraction of sp³-hybridized carbons (Fsp3) is 0.350. The molecule has 1 fully saturated rings. The Bertz CT molecular complexity index is 887. The zero-order valence-electron chi connectivity index (χ0n) is 15.4. The van der Waals surface area contributed by atoms with Crippen molar-refractivity contribution in [3.63, 3.8) is 0 Å². The maximum absolute atomic E-state index is 12.3. The standard InChI is InChI=1S/C20H24N2O4S/c1-14(2)26-18-9-3-15(4-10-18)13-21-20(23)16-5-11-19(12-6-16)27(24,25)22-17-7-8-17/h3-6,9-12,14,17,22H,7-8,13H2,1-2H3,(H,21,23). The molecular weight excluding hydrogens is 364 g/mol. The van der Waals surface area contributed by atoms with Crippen LogP contribution in [-0.2, 0) is 16.6 Å². The van der Waals surface area contributed by atoms with Crippen molar-refractivity contribution in [1.82, 2.24) is 10.0 Å². The molecule has 0 heterocycles. The molecule has 0 aromatic heterocycles. The van der Waals surface area contributed by atoms with Gasteiger partial charge in [-0.05, 0) is 68.7 Å².